The summed E-state index contributed by atoms with van der Waals surface area (Å²) in [7, 11) is 1.34. The first-order valence-electron chi connectivity index (χ1n) is 5.55. The summed E-state index contributed by atoms with van der Waals surface area (Å²) in [4.78, 5) is 10.9. The lowest BCUT2D eigenvalue weighted by Gasteiger charge is -1.99. The molecule has 0 amide bonds. The van der Waals surface area contributed by atoms with E-state index in [-0.39, 0.29) is 12.5 Å². The third-order valence-corrected chi connectivity index (χ3v) is 3.04. The molecule has 6 nitrogen and oxygen atoms in total. The molecule has 0 spiro atoms. The Morgan fingerprint density at radius 1 is 1.42 bits per heavy atom. The molecule has 0 saturated carbocycles. The molecule has 1 aromatic carbocycles. The van der Waals surface area contributed by atoms with Crippen LogP contribution in [0.1, 0.15) is 5.89 Å². The van der Waals surface area contributed by atoms with Crippen LogP contribution in [-0.2, 0) is 16.1 Å². The van der Waals surface area contributed by atoms with Gasteiger partial charge in [-0.05, 0) is 28.1 Å². The molecule has 1 aromatic heterocycles. The number of nitrogens with one attached hydrogen (secondary N) is 1. The summed E-state index contributed by atoms with van der Waals surface area (Å²) >= 11 is 3.42. The average Bonchev–Trinajstić information content (AvgIpc) is 2.87. The van der Waals surface area contributed by atoms with Crippen molar-refractivity contribution in [1.29, 1.82) is 0 Å². The van der Waals surface area contributed by atoms with Crippen molar-refractivity contribution < 1.29 is 13.9 Å². The Bertz CT molecular complexity index is 571. The summed E-state index contributed by atoms with van der Waals surface area (Å²) in [6.45, 7) is 0.412. The zero-order valence-electron chi connectivity index (χ0n) is 10.2. The topological polar surface area (TPSA) is 77.2 Å². The van der Waals surface area contributed by atoms with Gasteiger partial charge in [-0.3, -0.25) is 10.1 Å². The van der Waals surface area contributed by atoms with Crippen molar-refractivity contribution in [2.75, 3.05) is 13.7 Å². The van der Waals surface area contributed by atoms with E-state index in [1.165, 1.54) is 7.11 Å². The zero-order valence-corrected chi connectivity index (χ0v) is 11.8. The van der Waals surface area contributed by atoms with Gasteiger partial charge in [0.1, 0.15) is 0 Å². The number of aromatic nitrogens is 2. The molecule has 1 heterocycles. The minimum atomic E-state index is -0.342. The first-order valence-corrected chi connectivity index (χ1v) is 6.35. The molecule has 2 rings (SSSR count). The maximum absolute atomic E-state index is 10.9. The standard InChI is InChI=1S/C12H12BrN3O3/c1-18-11(17)7-14-6-10-15-16-12(19-10)8-4-2-3-5-9(8)13/h2-5,14H,6-7H2,1H3. The number of ether oxygens (including phenoxy) is 1. The number of hydrogen-bond donors (Lipinski definition) is 1. The first kappa shape index (κ1) is 13.7. The molecule has 0 unspecified atom stereocenters. The number of benzene rings is 1. The largest absolute Gasteiger partial charge is 0.468 e. The molecule has 0 saturated heterocycles. The maximum atomic E-state index is 10.9. The van der Waals surface area contributed by atoms with E-state index in [1.807, 2.05) is 24.3 Å². The molecular formula is C12H12BrN3O3. The van der Waals surface area contributed by atoms with Crippen LogP contribution >= 0.6 is 15.9 Å². The maximum Gasteiger partial charge on any atom is 0.319 e. The number of nitrogens with zero attached hydrogens (tertiary/aromatic N) is 2. The van der Waals surface area contributed by atoms with Crippen molar-refractivity contribution in [3.63, 3.8) is 0 Å². The van der Waals surface area contributed by atoms with Gasteiger partial charge in [0.2, 0.25) is 11.8 Å². The Kier molecular flexibility index (Phi) is 4.64. The number of methoxy groups -OCH3 is 1. The number of carbonyl (C=O) groups is 1. The second-order valence-corrected chi connectivity index (χ2v) is 4.51. The highest BCUT2D eigenvalue weighted by molar-refractivity contribution is 9.10. The van der Waals surface area contributed by atoms with Crippen LogP contribution < -0.4 is 5.32 Å². The van der Waals surface area contributed by atoms with E-state index in [2.05, 4.69) is 36.2 Å². The van der Waals surface area contributed by atoms with E-state index in [1.54, 1.807) is 0 Å². The van der Waals surface area contributed by atoms with Gasteiger partial charge in [0.25, 0.3) is 0 Å². The van der Waals surface area contributed by atoms with E-state index in [9.17, 15) is 4.79 Å². The number of hydrogen-bond acceptors (Lipinski definition) is 6. The highest BCUT2D eigenvalue weighted by Gasteiger charge is 2.11. The summed E-state index contributed by atoms with van der Waals surface area (Å²) in [6, 6.07) is 7.57. The van der Waals surface area contributed by atoms with Gasteiger partial charge in [0.05, 0.1) is 25.8 Å². The fourth-order valence-corrected chi connectivity index (χ4v) is 1.87. The van der Waals surface area contributed by atoms with Gasteiger partial charge in [-0.2, -0.15) is 0 Å². The predicted molar refractivity (Wildman–Crippen MR) is 71.2 cm³/mol. The van der Waals surface area contributed by atoms with Crippen LogP contribution in [0.5, 0.6) is 0 Å². The lowest BCUT2D eigenvalue weighted by atomic mass is 10.2. The van der Waals surface area contributed by atoms with E-state index in [4.69, 9.17) is 4.42 Å². The summed E-state index contributed by atoms with van der Waals surface area (Å²) in [5.74, 6) is 0.502. The Morgan fingerprint density at radius 2 is 2.21 bits per heavy atom. The molecule has 0 aliphatic carbocycles. The molecule has 0 atom stereocenters. The normalized spacial score (nSPS) is 10.4. The van der Waals surface area contributed by atoms with Gasteiger partial charge in [-0.25, -0.2) is 0 Å². The van der Waals surface area contributed by atoms with Gasteiger partial charge < -0.3 is 9.15 Å². The molecule has 19 heavy (non-hydrogen) atoms. The van der Waals surface area contributed by atoms with Crippen LogP contribution in [0.25, 0.3) is 11.5 Å². The van der Waals surface area contributed by atoms with Crippen molar-refractivity contribution in [3.8, 4) is 11.5 Å². The van der Waals surface area contributed by atoms with Crippen LogP contribution in [0.4, 0.5) is 0 Å². The third kappa shape index (κ3) is 3.62. The van der Waals surface area contributed by atoms with Gasteiger partial charge in [0, 0.05) is 4.47 Å². The number of rotatable bonds is 5. The Hall–Kier alpha value is -1.73. The summed E-state index contributed by atoms with van der Waals surface area (Å²) in [5, 5.41) is 10.7. The van der Waals surface area contributed by atoms with Crippen LogP contribution in [0.2, 0.25) is 0 Å². The van der Waals surface area contributed by atoms with E-state index >= 15 is 0 Å². The third-order valence-electron chi connectivity index (χ3n) is 2.34. The molecule has 0 bridgehead atoms. The first-order chi connectivity index (χ1) is 9.20. The van der Waals surface area contributed by atoms with Crippen LogP contribution in [0.15, 0.2) is 33.2 Å². The van der Waals surface area contributed by atoms with Crippen molar-refractivity contribution in [2.45, 2.75) is 6.54 Å². The van der Waals surface area contributed by atoms with Crippen LogP contribution in [0, 0.1) is 0 Å². The van der Waals surface area contributed by atoms with Gasteiger partial charge in [0.15, 0.2) is 0 Å². The second-order valence-electron chi connectivity index (χ2n) is 3.66. The number of carbonyl (C=O) groups excluding carboxylic acids is 1. The predicted octanol–water partition coefficient (Wildman–Crippen LogP) is 1.76. The minimum Gasteiger partial charge on any atom is -0.468 e. The highest BCUT2D eigenvalue weighted by Crippen LogP contribution is 2.26. The van der Waals surface area contributed by atoms with E-state index in [0.29, 0.717) is 18.3 Å². The van der Waals surface area contributed by atoms with Gasteiger partial charge >= 0.3 is 5.97 Å². The van der Waals surface area contributed by atoms with Crippen molar-refractivity contribution >= 4 is 21.9 Å². The van der Waals surface area contributed by atoms with Crippen molar-refractivity contribution in [2.24, 2.45) is 0 Å². The lowest BCUT2D eigenvalue weighted by molar-refractivity contribution is -0.139. The molecular weight excluding hydrogens is 314 g/mol. The lowest BCUT2D eigenvalue weighted by Crippen LogP contribution is -2.23. The van der Waals surface area contributed by atoms with Crippen LogP contribution in [-0.4, -0.2) is 29.8 Å². The quantitative estimate of drug-likeness (QED) is 0.844. The average molecular weight is 326 g/mol. The summed E-state index contributed by atoms with van der Waals surface area (Å²) in [5.41, 5.74) is 0.828. The number of halogens is 1. The van der Waals surface area contributed by atoms with Gasteiger partial charge in [-0.1, -0.05) is 12.1 Å². The zero-order chi connectivity index (χ0) is 13.7. The monoisotopic (exact) mass is 325 g/mol. The highest BCUT2D eigenvalue weighted by atomic mass is 79.9. The Labute approximate surface area is 118 Å². The SMILES string of the molecule is COC(=O)CNCc1nnc(-c2ccccc2Br)o1. The molecule has 7 heteroatoms. The van der Waals surface area contributed by atoms with Crippen molar-refractivity contribution in [1.82, 2.24) is 15.5 Å². The van der Waals surface area contributed by atoms with Crippen LogP contribution in [0.3, 0.4) is 0 Å². The second kappa shape index (κ2) is 6.44. The fraction of sp³-hybridized carbons (Fsp3) is 0.250. The summed E-state index contributed by atoms with van der Waals surface area (Å²) < 4.78 is 10.9. The van der Waals surface area contributed by atoms with E-state index < -0.39 is 0 Å². The smallest absolute Gasteiger partial charge is 0.319 e. The molecule has 0 aliphatic heterocycles. The fourth-order valence-electron chi connectivity index (χ4n) is 1.41. The van der Waals surface area contributed by atoms with E-state index in [0.717, 1.165) is 10.0 Å². The molecule has 0 radical (unpaired) electrons. The minimum absolute atomic E-state index is 0.100. The Balaban J connectivity index is 2.00. The molecule has 2 aromatic rings. The molecule has 0 fully saturated rings. The summed E-state index contributed by atoms with van der Waals surface area (Å²) in [6.07, 6.45) is 0. The van der Waals surface area contributed by atoms with Crippen molar-refractivity contribution in [3.05, 3.63) is 34.6 Å². The van der Waals surface area contributed by atoms with Gasteiger partial charge in [-0.15, -0.1) is 10.2 Å². The molecule has 1 N–H and O–H groups in total. The molecule has 100 valence electrons. The molecule has 0 aliphatic rings. The number of esters is 1. The Morgan fingerprint density at radius 3 is 2.95 bits per heavy atom.